The van der Waals surface area contributed by atoms with Gasteiger partial charge in [-0.25, -0.2) is 0 Å². The number of thiophene rings is 1. The van der Waals surface area contributed by atoms with Gasteiger partial charge in [-0.05, 0) is 35.1 Å². The van der Waals surface area contributed by atoms with Crippen LogP contribution in [0.2, 0.25) is 0 Å². The summed E-state index contributed by atoms with van der Waals surface area (Å²) >= 11 is 3.74. The van der Waals surface area contributed by atoms with E-state index < -0.39 is 0 Å². The minimum Gasteiger partial charge on any atom is -0.192 e. The molecule has 1 aromatic rings. The molecule has 0 amide bonds. The van der Waals surface area contributed by atoms with Crippen molar-refractivity contribution < 1.29 is 0 Å². The topological polar surface area (TPSA) is 23.8 Å². The predicted molar refractivity (Wildman–Crippen MR) is 46.5 cm³/mol. The Morgan fingerprint density at radius 3 is 2.67 bits per heavy atom. The normalized spacial score (nSPS) is 9.00. The van der Waals surface area contributed by atoms with Crippen LogP contribution >= 0.6 is 33.9 Å². The molecule has 0 radical (unpaired) electrons. The fraction of sp³-hybridized carbons (Fsp3) is 0.167. The van der Waals surface area contributed by atoms with E-state index in [-0.39, 0.29) is 0 Å². The second-order valence-electron chi connectivity index (χ2n) is 1.65. The first kappa shape index (κ1) is 7.03. The van der Waals surface area contributed by atoms with E-state index in [4.69, 9.17) is 5.26 Å². The lowest BCUT2D eigenvalue weighted by molar-refractivity contribution is 1.44. The molecule has 3 heteroatoms. The number of halogens is 1. The summed E-state index contributed by atoms with van der Waals surface area (Å²) in [4.78, 5) is 0.833. The summed E-state index contributed by atoms with van der Waals surface area (Å²) in [6.45, 7) is 1.97. The Kier molecular flexibility index (Phi) is 2.09. The fourth-order valence-electron chi connectivity index (χ4n) is 0.506. The lowest BCUT2D eigenvalue weighted by Crippen LogP contribution is -1.71. The molecule has 1 heterocycles. The average molecular weight is 249 g/mol. The summed E-state index contributed by atoms with van der Waals surface area (Å²) in [6.07, 6.45) is 0. The number of nitrogens with zero attached hydrogens (tertiary/aromatic N) is 1. The van der Waals surface area contributed by atoms with Crippen LogP contribution in [0.3, 0.4) is 0 Å². The number of rotatable bonds is 0. The lowest BCUT2D eigenvalue weighted by Gasteiger charge is -1.82. The standard InChI is InChI=1S/C6H4INS/c1-4-5(7)3-9-6(4)2-8/h3H,1H3. The molecule has 1 rings (SSSR count). The third kappa shape index (κ3) is 1.25. The summed E-state index contributed by atoms with van der Waals surface area (Å²) in [5.41, 5.74) is 1.11. The van der Waals surface area contributed by atoms with Crippen molar-refractivity contribution in [1.82, 2.24) is 0 Å². The summed E-state index contributed by atoms with van der Waals surface area (Å²) in [7, 11) is 0. The SMILES string of the molecule is Cc1c(I)csc1C#N. The van der Waals surface area contributed by atoms with Crippen molar-refractivity contribution in [3.63, 3.8) is 0 Å². The maximum atomic E-state index is 8.49. The number of hydrogen-bond donors (Lipinski definition) is 0. The van der Waals surface area contributed by atoms with E-state index in [0.29, 0.717) is 0 Å². The maximum absolute atomic E-state index is 8.49. The molecule has 0 saturated carbocycles. The molecule has 9 heavy (non-hydrogen) atoms. The highest BCUT2D eigenvalue weighted by Gasteiger charge is 2.01. The van der Waals surface area contributed by atoms with Gasteiger partial charge in [0.2, 0.25) is 0 Å². The number of nitriles is 1. The van der Waals surface area contributed by atoms with Gasteiger partial charge in [-0.3, -0.25) is 0 Å². The molecule has 0 unspecified atom stereocenters. The molecule has 46 valence electrons. The van der Waals surface area contributed by atoms with Gasteiger partial charge < -0.3 is 0 Å². The van der Waals surface area contributed by atoms with Crippen LogP contribution in [0.4, 0.5) is 0 Å². The Hall–Kier alpha value is -0.0800. The smallest absolute Gasteiger partial charge is 0.110 e. The van der Waals surface area contributed by atoms with Crippen LogP contribution < -0.4 is 0 Å². The van der Waals surface area contributed by atoms with E-state index >= 15 is 0 Å². The molecule has 1 aromatic heterocycles. The molecule has 0 aliphatic heterocycles. The monoisotopic (exact) mass is 249 g/mol. The van der Waals surface area contributed by atoms with Gasteiger partial charge in [-0.2, -0.15) is 5.26 Å². The first-order valence-electron chi connectivity index (χ1n) is 2.39. The van der Waals surface area contributed by atoms with Crippen molar-refractivity contribution in [3.8, 4) is 6.07 Å². The first-order valence-corrected chi connectivity index (χ1v) is 4.35. The van der Waals surface area contributed by atoms with Crippen LogP contribution in [0.5, 0.6) is 0 Å². The minimum absolute atomic E-state index is 0.833. The van der Waals surface area contributed by atoms with Crippen molar-refractivity contribution >= 4 is 33.9 Å². The summed E-state index contributed by atoms with van der Waals surface area (Å²) in [5, 5.41) is 10.5. The summed E-state index contributed by atoms with van der Waals surface area (Å²) < 4.78 is 1.19. The molecule has 0 fully saturated rings. The highest BCUT2D eigenvalue weighted by molar-refractivity contribution is 14.1. The van der Waals surface area contributed by atoms with Gasteiger partial charge in [0.25, 0.3) is 0 Å². The molecule has 0 bridgehead atoms. The lowest BCUT2D eigenvalue weighted by atomic mass is 10.3. The van der Waals surface area contributed by atoms with E-state index in [2.05, 4.69) is 28.7 Å². The molecular formula is C6H4INS. The third-order valence-electron chi connectivity index (χ3n) is 1.08. The van der Waals surface area contributed by atoms with Gasteiger partial charge >= 0.3 is 0 Å². The molecule has 0 saturated heterocycles. The molecular weight excluding hydrogens is 245 g/mol. The molecule has 1 nitrogen and oxygen atoms in total. The first-order chi connectivity index (χ1) is 4.25. The zero-order chi connectivity index (χ0) is 6.85. The Labute approximate surface area is 71.5 Å². The second kappa shape index (κ2) is 2.67. The van der Waals surface area contributed by atoms with Gasteiger partial charge in [-0.15, -0.1) is 11.3 Å². The van der Waals surface area contributed by atoms with Crippen LogP contribution in [0.1, 0.15) is 10.4 Å². The minimum atomic E-state index is 0.833. The van der Waals surface area contributed by atoms with E-state index in [9.17, 15) is 0 Å². The molecule has 0 spiro atoms. The summed E-state index contributed by atoms with van der Waals surface area (Å²) in [5.74, 6) is 0. The fourth-order valence-corrected chi connectivity index (χ4v) is 2.08. The van der Waals surface area contributed by atoms with Crippen molar-refractivity contribution in [2.75, 3.05) is 0 Å². The van der Waals surface area contributed by atoms with Crippen LogP contribution in [-0.2, 0) is 0 Å². The second-order valence-corrected chi connectivity index (χ2v) is 3.69. The number of hydrogen-bond acceptors (Lipinski definition) is 2. The van der Waals surface area contributed by atoms with Crippen LogP contribution in [-0.4, -0.2) is 0 Å². The van der Waals surface area contributed by atoms with Crippen LogP contribution in [0.15, 0.2) is 5.38 Å². The maximum Gasteiger partial charge on any atom is 0.110 e. The molecule has 0 aliphatic rings. The van der Waals surface area contributed by atoms with E-state index in [0.717, 1.165) is 10.4 Å². The average Bonchev–Trinajstić information content (AvgIpc) is 2.15. The van der Waals surface area contributed by atoms with E-state index in [1.807, 2.05) is 12.3 Å². The van der Waals surface area contributed by atoms with Gasteiger partial charge in [0.1, 0.15) is 10.9 Å². The molecule has 0 atom stereocenters. The highest BCUT2D eigenvalue weighted by atomic mass is 127. The van der Waals surface area contributed by atoms with Crippen LogP contribution in [0.25, 0.3) is 0 Å². The van der Waals surface area contributed by atoms with E-state index in [1.165, 1.54) is 14.9 Å². The van der Waals surface area contributed by atoms with Gasteiger partial charge in [0.15, 0.2) is 0 Å². The zero-order valence-electron chi connectivity index (χ0n) is 4.81. The van der Waals surface area contributed by atoms with Crippen LogP contribution in [0, 0.1) is 21.8 Å². The molecule has 0 aromatic carbocycles. The Morgan fingerprint density at radius 1 is 1.78 bits per heavy atom. The van der Waals surface area contributed by atoms with E-state index in [1.54, 1.807) is 0 Å². The van der Waals surface area contributed by atoms with Crippen molar-refractivity contribution in [2.24, 2.45) is 0 Å². The van der Waals surface area contributed by atoms with Gasteiger partial charge in [-0.1, -0.05) is 0 Å². The summed E-state index contributed by atoms with van der Waals surface area (Å²) in [6, 6.07) is 2.13. The zero-order valence-corrected chi connectivity index (χ0v) is 7.78. The predicted octanol–water partition coefficient (Wildman–Crippen LogP) is 2.53. The van der Waals surface area contributed by atoms with Crippen molar-refractivity contribution in [2.45, 2.75) is 6.92 Å². The molecule has 0 aliphatic carbocycles. The Bertz CT molecular complexity index is 259. The van der Waals surface area contributed by atoms with Crippen molar-refractivity contribution in [3.05, 3.63) is 19.4 Å². The van der Waals surface area contributed by atoms with Gasteiger partial charge in [0.05, 0.1) is 0 Å². The van der Waals surface area contributed by atoms with Gasteiger partial charge in [0, 0.05) is 8.95 Å². The highest BCUT2D eigenvalue weighted by Crippen LogP contribution is 2.21. The van der Waals surface area contributed by atoms with Crippen molar-refractivity contribution in [1.29, 1.82) is 5.26 Å². The Morgan fingerprint density at radius 2 is 2.44 bits per heavy atom. The Balaban J connectivity index is 3.24. The third-order valence-corrected chi connectivity index (χ3v) is 3.61. The quantitative estimate of drug-likeness (QED) is 0.648. The largest absolute Gasteiger partial charge is 0.192 e. The molecule has 0 N–H and O–H groups in total.